The lowest BCUT2D eigenvalue weighted by Gasteiger charge is -2.08. The second-order valence-electron chi connectivity index (χ2n) is 5.84. The summed E-state index contributed by atoms with van der Waals surface area (Å²) in [5, 5.41) is 3.96. The van der Waals surface area contributed by atoms with Gasteiger partial charge >= 0.3 is 5.97 Å². The van der Waals surface area contributed by atoms with Crippen molar-refractivity contribution in [3.8, 4) is 22.8 Å². The molecule has 1 aromatic carbocycles. The highest BCUT2D eigenvalue weighted by Gasteiger charge is 2.24. The number of aromatic nitrogens is 1. The van der Waals surface area contributed by atoms with Gasteiger partial charge in [0, 0.05) is 11.6 Å². The number of methoxy groups -OCH3 is 2. The Bertz CT molecular complexity index is 703. The SMILES string of the molecule is COc1ccc(-c2cc(COC(=O)C3CCCC3)no2)cc1OC. The molecule has 6 nitrogen and oxygen atoms in total. The number of nitrogens with zero attached hydrogens (tertiary/aromatic N) is 1. The van der Waals surface area contributed by atoms with Gasteiger partial charge in [0.15, 0.2) is 17.3 Å². The van der Waals surface area contributed by atoms with Crippen molar-refractivity contribution in [3.63, 3.8) is 0 Å². The van der Waals surface area contributed by atoms with E-state index in [2.05, 4.69) is 5.16 Å². The van der Waals surface area contributed by atoms with Gasteiger partial charge in [0.05, 0.1) is 20.1 Å². The quantitative estimate of drug-likeness (QED) is 0.753. The molecule has 2 aromatic rings. The first kappa shape index (κ1) is 16.4. The van der Waals surface area contributed by atoms with Gasteiger partial charge in [0.25, 0.3) is 0 Å². The molecule has 3 rings (SSSR count). The van der Waals surface area contributed by atoms with Crippen LogP contribution in [-0.2, 0) is 16.1 Å². The van der Waals surface area contributed by atoms with Gasteiger partial charge in [-0.1, -0.05) is 18.0 Å². The van der Waals surface area contributed by atoms with E-state index >= 15 is 0 Å². The molecule has 6 heteroatoms. The molecule has 0 amide bonds. The van der Waals surface area contributed by atoms with Gasteiger partial charge in [-0.2, -0.15) is 0 Å². The third kappa shape index (κ3) is 3.53. The molecule has 1 fully saturated rings. The smallest absolute Gasteiger partial charge is 0.309 e. The zero-order chi connectivity index (χ0) is 16.9. The van der Waals surface area contributed by atoms with Crippen LogP contribution in [0.5, 0.6) is 11.5 Å². The fourth-order valence-electron chi connectivity index (χ4n) is 2.93. The van der Waals surface area contributed by atoms with Gasteiger partial charge in [-0.15, -0.1) is 0 Å². The average Bonchev–Trinajstić information content (AvgIpc) is 3.30. The molecule has 1 aromatic heterocycles. The monoisotopic (exact) mass is 331 g/mol. The summed E-state index contributed by atoms with van der Waals surface area (Å²) < 4.78 is 21.2. The molecule has 1 aliphatic rings. The predicted octanol–water partition coefficient (Wildman–Crippen LogP) is 3.59. The third-order valence-electron chi connectivity index (χ3n) is 4.28. The zero-order valence-electron chi connectivity index (χ0n) is 13.9. The molecule has 0 spiro atoms. The van der Waals surface area contributed by atoms with Crippen LogP contribution in [0.4, 0.5) is 0 Å². The second kappa shape index (κ2) is 7.38. The fraction of sp³-hybridized carbons (Fsp3) is 0.444. The Hall–Kier alpha value is -2.50. The molecule has 1 aliphatic carbocycles. The van der Waals surface area contributed by atoms with Crippen molar-refractivity contribution in [2.24, 2.45) is 5.92 Å². The van der Waals surface area contributed by atoms with E-state index in [4.69, 9.17) is 18.7 Å². The third-order valence-corrected chi connectivity index (χ3v) is 4.28. The number of ether oxygens (including phenoxy) is 3. The van der Waals surface area contributed by atoms with Crippen LogP contribution in [0.25, 0.3) is 11.3 Å². The number of hydrogen-bond donors (Lipinski definition) is 0. The number of esters is 1. The molecule has 0 aliphatic heterocycles. The van der Waals surface area contributed by atoms with Crippen LogP contribution >= 0.6 is 0 Å². The minimum Gasteiger partial charge on any atom is -0.493 e. The van der Waals surface area contributed by atoms with E-state index in [0.29, 0.717) is 23.0 Å². The van der Waals surface area contributed by atoms with E-state index in [0.717, 1.165) is 31.2 Å². The Kier molecular flexibility index (Phi) is 5.03. The molecule has 128 valence electrons. The van der Waals surface area contributed by atoms with Crippen LogP contribution in [0.3, 0.4) is 0 Å². The maximum Gasteiger partial charge on any atom is 0.309 e. The van der Waals surface area contributed by atoms with Crippen LogP contribution in [0.1, 0.15) is 31.4 Å². The highest BCUT2D eigenvalue weighted by Crippen LogP contribution is 2.32. The molecule has 0 atom stereocenters. The van der Waals surface area contributed by atoms with Crippen LogP contribution in [-0.4, -0.2) is 25.3 Å². The second-order valence-corrected chi connectivity index (χ2v) is 5.84. The summed E-state index contributed by atoms with van der Waals surface area (Å²) in [6, 6.07) is 7.24. The van der Waals surface area contributed by atoms with Gasteiger partial charge in [-0.25, -0.2) is 0 Å². The minimum atomic E-state index is -0.136. The maximum atomic E-state index is 11.9. The summed E-state index contributed by atoms with van der Waals surface area (Å²) in [6.07, 6.45) is 4.06. The molecule has 0 bridgehead atoms. The number of carbonyl (C=O) groups is 1. The predicted molar refractivity (Wildman–Crippen MR) is 86.8 cm³/mol. The summed E-state index contributed by atoms with van der Waals surface area (Å²) in [7, 11) is 3.17. The van der Waals surface area contributed by atoms with Crippen molar-refractivity contribution in [2.75, 3.05) is 14.2 Å². The van der Waals surface area contributed by atoms with Crippen molar-refractivity contribution >= 4 is 5.97 Å². The average molecular weight is 331 g/mol. The van der Waals surface area contributed by atoms with Crippen molar-refractivity contribution in [1.82, 2.24) is 5.16 Å². The van der Waals surface area contributed by atoms with Gasteiger partial charge in [0.2, 0.25) is 0 Å². The first-order valence-electron chi connectivity index (χ1n) is 8.06. The fourth-order valence-corrected chi connectivity index (χ4v) is 2.93. The summed E-state index contributed by atoms with van der Waals surface area (Å²) >= 11 is 0. The van der Waals surface area contributed by atoms with E-state index in [1.807, 2.05) is 12.1 Å². The summed E-state index contributed by atoms with van der Waals surface area (Å²) in [6.45, 7) is 0.131. The Labute approximate surface area is 140 Å². The first-order chi connectivity index (χ1) is 11.7. The Morgan fingerprint density at radius 3 is 2.62 bits per heavy atom. The number of benzene rings is 1. The van der Waals surface area contributed by atoms with Gasteiger partial charge in [-0.3, -0.25) is 4.79 Å². The molecule has 1 saturated carbocycles. The van der Waals surface area contributed by atoms with Crippen molar-refractivity contribution in [3.05, 3.63) is 30.0 Å². The van der Waals surface area contributed by atoms with E-state index in [1.54, 1.807) is 26.4 Å². The van der Waals surface area contributed by atoms with Crippen molar-refractivity contribution in [1.29, 1.82) is 0 Å². The number of hydrogen-bond acceptors (Lipinski definition) is 6. The summed E-state index contributed by atoms with van der Waals surface area (Å²) in [5.41, 5.74) is 1.40. The topological polar surface area (TPSA) is 70.8 Å². The Morgan fingerprint density at radius 1 is 1.17 bits per heavy atom. The van der Waals surface area contributed by atoms with E-state index in [-0.39, 0.29) is 18.5 Å². The molecule has 1 heterocycles. The van der Waals surface area contributed by atoms with Gasteiger partial charge in [0.1, 0.15) is 12.3 Å². The lowest BCUT2D eigenvalue weighted by Crippen LogP contribution is -2.14. The van der Waals surface area contributed by atoms with Gasteiger partial charge < -0.3 is 18.7 Å². The molecular formula is C18H21NO5. The maximum absolute atomic E-state index is 11.9. The lowest BCUT2D eigenvalue weighted by molar-refractivity contribution is -0.149. The van der Waals surface area contributed by atoms with Gasteiger partial charge in [-0.05, 0) is 31.0 Å². The number of rotatable bonds is 6. The molecular weight excluding hydrogens is 310 g/mol. The molecule has 0 radical (unpaired) electrons. The summed E-state index contributed by atoms with van der Waals surface area (Å²) in [4.78, 5) is 11.9. The Morgan fingerprint density at radius 2 is 1.92 bits per heavy atom. The standard InChI is InChI=1S/C18H21NO5/c1-21-15-8-7-13(9-17(15)22-2)16-10-14(19-24-16)11-23-18(20)12-5-3-4-6-12/h7-10,12H,3-6,11H2,1-2H3. The van der Waals surface area contributed by atoms with Crippen LogP contribution in [0.2, 0.25) is 0 Å². The van der Waals surface area contributed by atoms with Crippen molar-refractivity contribution < 1.29 is 23.5 Å². The first-order valence-corrected chi connectivity index (χ1v) is 8.06. The van der Waals surface area contributed by atoms with E-state index < -0.39 is 0 Å². The van der Waals surface area contributed by atoms with Crippen LogP contribution < -0.4 is 9.47 Å². The van der Waals surface area contributed by atoms with Crippen LogP contribution in [0, 0.1) is 5.92 Å². The largest absolute Gasteiger partial charge is 0.493 e. The van der Waals surface area contributed by atoms with Crippen LogP contribution in [0.15, 0.2) is 28.8 Å². The Balaban J connectivity index is 1.65. The van der Waals surface area contributed by atoms with Crippen molar-refractivity contribution in [2.45, 2.75) is 32.3 Å². The van der Waals surface area contributed by atoms with E-state index in [1.165, 1.54) is 0 Å². The highest BCUT2D eigenvalue weighted by molar-refractivity contribution is 5.72. The normalized spacial score (nSPS) is 14.6. The zero-order valence-corrected chi connectivity index (χ0v) is 13.9. The molecule has 0 N–H and O–H groups in total. The summed E-state index contributed by atoms with van der Waals surface area (Å²) in [5.74, 6) is 1.75. The number of carbonyl (C=O) groups excluding carboxylic acids is 1. The highest BCUT2D eigenvalue weighted by atomic mass is 16.5. The minimum absolute atomic E-state index is 0.0437. The molecule has 24 heavy (non-hydrogen) atoms. The lowest BCUT2D eigenvalue weighted by atomic mass is 10.1. The van der Waals surface area contributed by atoms with E-state index in [9.17, 15) is 4.79 Å². The molecule has 0 saturated heterocycles. The molecule has 0 unspecified atom stereocenters.